The summed E-state index contributed by atoms with van der Waals surface area (Å²) in [6, 6.07) is 0. The molecule has 0 bridgehead atoms. The fourth-order valence-corrected chi connectivity index (χ4v) is 5.07. The second-order valence-electron chi connectivity index (χ2n) is 5.35. The minimum absolute atomic E-state index is 0.236. The third kappa shape index (κ3) is 3.39. The van der Waals surface area contributed by atoms with Crippen LogP contribution >= 0.6 is 0 Å². The molecule has 72 valence electrons. The fourth-order valence-electron chi connectivity index (χ4n) is 1.69. The molecule has 0 saturated heterocycles. The highest BCUT2D eigenvalue weighted by Gasteiger charge is 2.40. The molecule has 3 heteroatoms. The van der Waals surface area contributed by atoms with Gasteiger partial charge in [-0.2, -0.15) is 0 Å². The van der Waals surface area contributed by atoms with Crippen molar-refractivity contribution in [2.24, 2.45) is 5.16 Å². The Kier molecular flexibility index (Phi) is 3.51. The molecule has 0 saturated carbocycles. The molecule has 0 atom stereocenters. The molecule has 0 aliphatic heterocycles. The summed E-state index contributed by atoms with van der Waals surface area (Å²) in [5, 5.41) is 4.05. The van der Waals surface area contributed by atoms with Gasteiger partial charge in [-0.3, -0.25) is 0 Å². The highest BCUT2D eigenvalue weighted by Crippen LogP contribution is 2.42. The number of hydrogen-bond acceptors (Lipinski definition) is 2. The highest BCUT2D eigenvalue weighted by atomic mass is 28.3. The Morgan fingerprint density at radius 1 is 1.00 bits per heavy atom. The van der Waals surface area contributed by atoms with E-state index in [-0.39, 0.29) is 10.1 Å². The maximum atomic E-state index is 5.42. The van der Waals surface area contributed by atoms with Gasteiger partial charge >= 0.3 is 0 Å². The zero-order valence-electron chi connectivity index (χ0n) is 9.14. The first-order valence-electron chi connectivity index (χ1n) is 4.31. The molecule has 0 aliphatic rings. The van der Waals surface area contributed by atoms with Crippen LogP contribution in [0.5, 0.6) is 0 Å². The quantitative estimate of drug-likeness (QED) is 0.370. The Morgan fingerprint density at radius 2 is 1.33 bits per heavy atom. The van der Waals surface area contributed by atoms with Gasteiger partial charge in [0.1, 0.15) is 0 Å². The van der Waals surface area contributed by atoms with Crippen molar-refractivity contribution >= 4 is 15.8 Å². The molecule has 0 fully saturated rings. The Morgan fingerprint density at radius 3 is 1.42 bits per heavy atom. The zero-order valence-corrected chi connectivity index (χ0v) is 10.3. The van der Waals surface area contributed by atoms with E-state index in [1.54, 1.807) is 0 Å². The van der Waals surface area contributed by atoms with Gasteiger partial charge < -0.3 is 4.53 Å². The third-order valence-electron chi connectivity index (χ3n) is 1.75. The Labute approximate surface area is 77.7 Å². The van der Waals surface area contributed by atoms with Gasteiger partial charge in [-0.15, -0.1) is 5.16 Å². The lowest BCUT2D eigenvalue weighted by molar-refractivity contribution is 0.304. The van der Waals surface area contributed by atoms with Crippen LogP contribution < -0.4 is 0 Å². The average Bonchev–Trinajstić information content (AvgIpc) is 1.77. The van der Waals surface area contributed by atoms with E-state index < -0.39 is 9.04 Å². The summed E-state index contributed by atoms with van der Waals surface area (Å²) < 4.78 is 5.42. The maximum absolute atomic E-state index is 5.42. The van der Waals surface area contributed by atoms with Crippen molar-refractivity contribution in [1.29, 1.82) is 0 Å². The Hall–Kier alpha value is -0.313. The highest BCUT2D eigenvalue weighted by molar-refractivity contribution is 6.58. The SMILES string of the molecule is C=NO[SiH](C(C)(C)C)C(C)(C)C. The van der Waals surface area contributed by atoms with Crippen LogP contribution in [0.25, 0.3) is 0 Å². The van der Waals surface area contributed by atoms with Crippen molar-refractivity contribution in [3.63, 3.8) is 0 Å². The first kappa shape index (κ1) is 11.7. The molecule has 0 radical (unpaired) electrons. The van der Waals surface area contributed by atoms with Gasteiger partial charge in [0.25, 0.3) is 9.04 Å². The molecular formula is C9H21NOSi. The van der Waals surface area contributed by atoms with Gasteiger partial charge in [0.15, 0.2) is 0 Å². The molecule has 0 N–H and O–H groups in total. The average molecular weight is 187 g/mol. The van der Waals surface area contributed by atoms with Crippen LogP contribution in [0.2, 0.25) is 10.1 Å². The molecule has 0 aromatic rings. The van der Waals surface area contributed by atoms with E-state index >= 15 is 0 Å². The Bertz CT molecular complexity index is 141. The number of hydrogen-bond donors (Lipinski definition) is 0. The molecule has 2 nitrogen and oxygen atoms in total. The Balaban J connectivity index is 4.56. The van der Waals surface area contributed by atoms with Crippen LogP contribution in [0.4, 0.5) is 0 Å². The predicted octanol–water partition coefficient (Wildman–Crippen LogP) is 2.94. The minimum Gasteiger partial charge on any atom is -0.458 e. The first-order valence-corrected chi connectivity index (χ1v) is 5.94. The molecule has 0 heterocycles. The summed E-state index contributed by atoms with van der Waals surface area (Å²) in [5.41, 5.74) is 0. The lowest BCUT2D eigenvalue weighted by atomic mass is 10.2. The van der Waals surface area contributed by atoms with Gasteiger partial charge in [-0.05, 0) is 10.1 Å². The fraction of sp³-hybridized carbons (Fsp3) is 0.889. The molecule has 0 aliphatic carbocycles. The second kappa shape index (κ2) is 3.60. The van der Waals surface area contributed by atoms with Crippen LogP contribution in [0, 0.1) is 0 Å². The van der Waals surface area contributed by atoms with E-state index in [1.807, 2.05) is 0 Å². The summed E-state index contributed by atoms with van der Waals surface area (Å²) in [7, 11) is -1.34. The van der Waals surface area contributed by atoms with Gasteiger partial charge in [-0.1, -0.05) is 41.5 Å². The van der Waals surface area contributed by atoms with Crippen molar-refractivity contribution in [2.75, 3.05) is 0 Å². The van der Waals surface area contributed by atoms with Gasteiger partial charge in [0.2, 0.25) is 0 Å². The molecule has 12 heavy (non-hydrogen) atoms. The van der Waals surface area contributed by atoms with Gasteiger partial charge in [-0.25, -0.2) is 0 Å². The largest absolute Gasteiger partial charge is 0.458 e. The standard InChI is InChI=1S/C9H21NOSi/c1-8(2,3)12(11-10-7)9(4,5)6/h12H,7H2,1-6H3. The number of oxime groups is 1. The van der Waals surface area contributed by atoms with Crippen LogP contribution in [0.3, 0.4) is 0 Å². The van der Waals surface area contributed by atoms with Crippen molar-refractivity contribution in [3.05, 3.63) is 0 Å². The normalized spacial score (nSPS) is 13.2. The molecule has 0 unspecified atom stereocenters. The summed E-state index contributed by atoms with van der Waals surface area (Å²) in [6.07, 6.45) is 0. The van der Waals surface area contributed by atoms with Crippen LogP contribution in [-0.4, -0.2) is 15.8 Å². The number of nitrogens with zero attached hydrogens (tertiary/aromatic N) is 1. The van der Waals surface area contributed by atoms with E-state index in [2.05, 4.69) is 53.4 Å². The van der Waals surface area contributed by atoms with E-state index in [9.17, 15) is 0 Å². The van der Waals surface area contributed by atoms with Crippen molar-refractivity contribution < 1.29 is 4.53 Å². The first-order chi connectivity index (χ1) is 5.19. The van der Waals surface area contributed by atoms with E-state index in [0.717, 1.165) is 0 Å². The summed E-state index contributed by atoms with van der Waals surface area (Å²) in [5.74, 6) is 0. The molecule has 0 spiro atoms. The van der Waals surface area contributed by atoms with Crippen molar-refractivity contribution in [2.45, 2.75) is 51.6 Å². The van der Waals surface area contributed by atoms with Crippen LogP contribution in [0.1, 0.15) is 41.5 Å². The van der Waals surface area contributed by atoms with Crippen LogP contribution in [0.15, 0.2) is 5.16 Å². The molecule has 0 rings (SSSR count). The summed E-state index contributed by atoms with van der Waals surface area (Å²) in [6.45, 7) is 16.6. The lowest BCUT2D eigenvalue weighted by Crippen LogP contribution is -2.36. The van der Waals surface area contributed by atoms with Crippen molar-refractivity contribution in [1.82, 2.24) is 0 Å². The topological polar surface area (TPSA) is 21.6 Å². The van der Waals surface area contributed by atoms with Crippen molar-refractivity contribution in [3.8, 4) is 0 Å². The van der Waals surface area contributed by atoms with E-state index in [4.69, 9.17) is 4.53 Å². The minimum atomic E-state index is -1.34. The van der Waals surface area contributed by atoms with Gasteiger partial charge in [0, 0.05) is 6.72 Å². The van der Waals surface area contributed by atoms with E-state index in [0.29, 0.717) is 0 Å². The molecule has 0 aromatic heterocycles. The molecular weight excluding hydrogens is 166 g/mol. The van der Waals surface area contributed by atoms with Gasteiger partial charge in [0.05, 0.1) is 0 Å². The maximum Gasteiger partial charge on any atom is 0.283 e. The number of rotatable bonds is 2. The third-order valence-corrected chi connectivity index (χ3v) is 5.26. The zero-order chi connectivity index (χ0) is 9.99. The van der Waals surface area contributed by atoms with Crippen LogP contribution in [-0.2, 0) is 4.53 Å². The smallest absolute Gasteiger partial charge is 0.283 e. The predicted molar refractivity (Wildman–Crippen MR) is 57.2 cm³/mol. The summed E-state index contributed by atoms with van der Waals surface area (Å²) >= 11 is 0. The monoisotopic (exact) mass is 187 g/mol. The molecule has 0 amide bonds. The lowest BCUT2D eigenvalue weighted by Gasteiger charge is -2.35. The summed E-state index contributed by atoms with van der Waals surface area (Å²) in [4.78, 5) is 0. The molecule has 0 aromatic carbocycles. The second-order valence-corrected chi connectivity index (χ2v) is 9.78. The van der Waals surface area contributed by atoms with E-state index in [1.165, 1.54) is 0 Å².